The second-order valence-corrected chi connectivity index (χ2v) is 5.46. The van der Waals surface area contributed by atoms with Gasteiger partial charge >= 0.3 is 6.18 Å². The molecule has 23 heavy (non-hydrogen) atoms. The van der Waals surface area contributed by atoms with E-state index in [4.69, 9.17) is 4.74 Å². The fourth-order valence-corrected chi connectivity index (χ4v) is 2.30. The van der Waals surface area contributed by atoms with Crippen LogP contribution in [0.3, 0.4) is 0 Å². The molecule has 0 saturated carbocycles. The Hall–Kier alpha value is -2.02. The fourth-order valence-electron chi connectivity index (χ4n) is 1.84. The van der Waals surface area contributed by atoms with Crippen molar-refractivity contribution in [2.75, 3.05) is 13.2 Å². The Morgan fingerprint density at radius 3 is 2.57 bits per heavy atom. The van der Waals surface area contributed by atoms with Gasteiger partial charge in [0.2, 0.25) is 0 Å². The molecule has 0 heterocycles. The Bertz CT molecular complexity index is 689. The molecule has 0 saturated heterocycles. The summed E-state index contributed by atoms with van der Waals surface area (Å²) in [4.78, 5) is 11.9. The standard InChI is InChI=1S/C16H13BrF3NO2/c17-14-7-2-1-6-13(14)15(22)21-8-9-23-12-5-3-4-11(10-12)16(18,19)20/h1-7,10H,8-9H2,(H,21,22). The van der Waals surface area contributed by atoms with Gasteiger partial charge in [-0.2, -0.15) is 13.2 Å². The number of rotatable bonds is 5. The third-order valence-electron chi connectivity index (χ3n) is 2.94. The summed E-state index contributed by atoms with van der Waals surface area (Å²) in [6, 6.07) is 11.5. The van der Waals surface area contributed by atoms with E-state index in [1.165, 1.54) is 12.1 Å². The van der Waals surface area contributed by atoms with Gasteiger partial charge in [0.15, 0.2) is 0 Å². The van der Waals surface area contributed by atoms with Crippen LogP contribution in [0.15, 0.2) is 53.0 Å². The van der Waals surface area contributed by atoms with Gasteiger partial charge in [-0.05, 0) is 46.3 Å². The van der Waals surface area contributed by atoms with Gasteiger partial charge in [-0.1, -0.05) is 18.2 Å². The predicted octanol–water partition coefficient (Wildman–Crippen LogP) is 4.28. The van der Waals surface area contributed by atoms with Crippen molar-refractivity contribution in [1.82, 2.24) is 5.32 Å². The van der Waals surface area contributed by atoms with Crippen molar-refractivity contribution >= 4 is 21.8 Å². The molecule has 2 rings (SSSR count). The molecule has 0 atom stereocenters. The van der Waals surface area contributed by atoms with Crippen LogP contribution in [0.2, 0.25) is 0 Å². The highest BCUT2D eigenvalue weighted by atomic mass is 79.9. The predicted molar refractivity (Wildman–Crippen MR) is 83.4 cm³/mol. The van der Waals surface area contributed by atoms with Crippen molar-refractivity contribution in [2.45, 2.75) is 6.18 Å². The van der Waals surface area contributed by atoms with Gasteiger partial charge in [0.1, 0.15) is 12.4 Å². The SMILES string of the molecule is O=C(NCCOc1cccc(C(F)(F)F)c1)c1ccccc1Br. The lowest BCUT2D eigenvalue weighted by atomic mass is 10.2. The van der Waals surface area contributed by atoms with E-state index >= 15 is 0 Å². The van der Waals surface area contributed by atoms with Gasteiger partial charge in [0, 0.05) is 4.47 Å². The van der Waals surface area contributed by atoms with Crippen molar-refractivity contribution in [1.29, 1.82) is 0 Å². The van der Waals surface area contributed by atoms with Crippen LogP contribution in [0, 0.1) is 0 Å². The Kier molecular flexibility index (Phi) is 5.65. The van der Waals surface area contributed by atoms with Crippen LogP contribution in [0.1, 0.15) is 15.9 Å². The van der Waals surface area contributed by atoms with Gasteiger partial charge in [-0.3, -0.25) is 4.79 Å². The molecule has 0 spiro atoms. The first-order valence-corrected chi connectivity index (χ1v) is 7.50. The molecule has 2 aromatic carbocycles. The van der Waals surface area contributed by atoms with Gasteiger partial charge in [0.05, 0.1) is 17.7 Å². The summed E-state index contributed by atoms with van der Waals surface area (Å²) < 4.78 is 43.6. The Morgan fingerprint density at radius 2 is 1.87 bits per heavy atom. The molecule has 3 nitrogen and oxygen atoms in total. The number of carbonyl (C=O) groups is 1. The van der Waals surface area contributed by atoms with Crippen LogP contribution >= 0.6 is 15.9 Å². The molecular formula is C16H13BrF3NO2. The molecule has 2 aromatic rings. The molecule has 0 bridgehead atoms. The number of alkyl halides is 3. The minimum Gasteiger partial charge on any atom is -0.492 e. The molecule has 122 valence electrons. The largest absolute Gasteiger partial charge is 0.492 e. The van der Waals surface area contributed by atoms with E-state index in [-0.39, 0.29) is 24.8 Å². The quantitative estimate of drug-likeness (QED) is 0.777. The average Bonchev–Trinajstić information content (AvgIpc) is 2.51. The fraction of sp³-hybridized carbons (Fsp3) is 0.188. The van der Waals surface area contributed by atoms with Gasteiger partial charge < -0.3 is 10.1 Å². The van der Waals surface area contributed by atoms with Crippen LogP contribution in [0.25, 0.3) is 0 Å². The number of carbonyl (C=O) groups excluding carboxylic acids is 1. The summed E-state index contributed by atoms with van der Waals surface area (Å²) in [5.74, 6) is -0.180. The molecule has 0 unspecified atom stereocenters. The number of halogens is 4. The molecule has 0 aromatic heterocycles. The van der Waals surface area contributed by atoms with Crippen LogP contribution < -0.4 is 10.1 Å². The molecule has 1 amide bonds. The Labute approximate surface area is 139 Å². The number of amides is 1. The van der Waals surface area contributed by atoms with E-state index in [1.54, 1.807) is 24.3 Å². The maximum Gasteiger partial charge on any atom is 0.416 e. The lowest BCUT2D eigenvalue weighted by molar-refractivity contribution is -0.137. The van der Waals surface area contributed by atoms with Crippen molar-refractivity contribution in [3.8, 4) is 5.75 Å². The molecule has 0 radical (unpaired) electrons. The molecule has 1 N–H and O–H groups in total. The highest BCUT2D eigenvalue weighted by molar-refractivity contribution is 9.10. The summed E-state index contributed by atoms with van der Waals surface area (Å²) in [5.41, 5.74) is -0.293. The summed E-state index contributed by atoms with van der Waals surface area (Å²) in [6.07, 6.45) is -4.41. The van der Waals surface area contributed by atoms with E-state index in [2.05, 4.69) is 21.2 Å². The second-order valence-electron chi connectivity index (χ2n) is 4.61. The summed E-state index contributed by atoms with van der Waals surface area (Å²) in [6.45, 7) is 0.244. The molecule has 0 fully saturated rings. The van der Waals surface area contributed by atoms with Crippen LogP contribution in [-0.2, 0) is 6.18 Å². The summed E-state index contributed by atoms with van der Waals surface area (Å²) in [7, 11) is 0. The van der Waals surface area contributed by atoms with E-state index in [1.807, 2.05) is 0 Å². The maximum atomic E-state index is 12.6. The van der Waals surface area contributed by atoms with Crippen molar-refractivity contribution in [3.05, 3.63) is 64.1 Å². The van der Waals surface area contributed by atoms with Crippen LogP contribution in [0.4, 0.5) is 13.2 Å². The lowest BCUT2D eigenvalue weighted by Gasteiger charge is -2.11. The molecule has 0 aliphatic heterocycles. The third kappa shape index (κ3) is 4.99. The zero-order valence-corrected chi connectivity index (χ0v) is 13.4. The second kappa shape index (κ2) is 7.50. The van der Waals surface area contributed by atoms with Crippen LogP contribution in [0.5, 0.6) is 5.75 Å². The summed E-state index contributed by atoms with van der Waals surface area (Å²) >= 11 is 3.27. The Morgan fingerprint density at radius 1 is 1.13 bits per heavy atom. The third-order valence-corrected chi connectivity index (χ3v) is 3.63. The Balaban J connectivity index is 1.84. The normalized spacial score (nSPS) is 11.1. The van der Waals surface area contributed by atoms with Crippen molar-refractivity contribution in [2.24, 2.45) is 0 Å². The monoisotopic (exact) mass is 387 g/mol. The number of hydrogen-bond acceptors (Lipinski definition) is 2. The molecule has 0 aliphatic rings. The van der Waals surface area contributed by atoms with Crippen LogP contribution in [-0.4, -0.2) is 19.1 Å². The van der Waals surface area contributed by atoms with E-state index < -0.39 is 11.7 Å². The first-order valence-electron chi connectivity index (χ1n) is 6.71. The number of hydrogen-bond donors (Lipinski definition) is 1. The molecular weight excluding hydrogens is 375 g/mol. The first kappa shape index (κ1) is 17.3. The van der Waals surface area contributed by atoms with Crippen molar-refractivity contribution < 1.29 is 22.7 Å². The first-order chi connectivity index (χ1) is 10.9. The number of benzene rings is 2. The smallest absolute Gasteiger partial charge is 0.416 e. The van der Waals surface area contributed by atoms with Crippen molar-refractivity contribution in [3.63, 3.8) is 0 Å². The van der Waals surface area contributed by atoms with E-state index in [0.717, 1.165) is 12.1 Å². The zero-order valence-electron chi connectivity index (χ0n) is 11.9. The highest BCUT2D eigenvalue weighted by Gasteiger charge is 2.30. The average molecular weight is 388 g/mol. The molecule has 7 heteroatoms. The maximum absolute atomic E-state index is 12.6. The van der Waals surface area contributed by atoms with Gasteiger partial charge in [0.25, 0.3) is 5.91 Å². The van der Waals surface area contributed by atoms with Gasteiger partial charge in [-0.15, -0.1) is 0 Å². The number of ether oxygens (including phenoxy) is 1. The van der Waals surface area contributed by atoms with Gasteiger partial charge in [-0.25, -0.2) is 0 Å². The minimum atomic E-state index is -4.41. The number of nitrogens with one attached hydrogen (secondary N) is 1. The van der Waals surface area contributed by atoms with E-state index in [9.17, 15) is 18.0 Å². The lowest BCUT2D eigenvalue weighted by Crippen LogP contribution is -2.28. The zero-order chi connectivity index (χ0) is 16.9. The summed E-state index contributed by atoms with van der Waals surface area (Å²) in [5, 5.41) is 2.64. The molecule has 0 aliphatic carbocycles. The minimum absolute atomic E-state index is 0.0670. The topological polar surface area (TPSA) is 38.3 Å². The van der Waals surface area contributed by atoms with E-state index in [0.29, 0.717) is 10.0 Å². The highest BCUT2D eigenvalue weighted by Crippen LogP contribution is 2.31.